The number of carbonyl (C=O) groups is 2. The maximum absolute atomic E-state index is 11.3. The highest BCUT2D eigenvalue weighted by atomic mass is 32.2. The van der Waals surface area contributed by atoms with Gasteiger partial charge < -0.3 is 10.6 Å². The highest BCUT2D eigenvalue weighted by Gasteiger charge is 2.27. The molecule has 70 valence electrons. The molecule has 13 heavy (non-hydrogen) atoms. The highest BCUT2D eigenvalue weighted by molar-refractivity contribution is 8.14. The predicted octanol–water partition coefficient (Wildman–Crippen LogP) is -0.0491. The maximum Gasteiger partial charge on any atom is 0.279 e. The van der Waals surface area contributed by atoms with E-state index in [4.69, 9.17) is 6.42 Å². The molecule has 1 heterocycles. The van der Waals surface area contributed by atoms with Gasteiger partial charge in [-0.2, -0.15) is 0 Å². The highest BCUT2D eigenvalue weighted by Crippen LogP contribution is 2.12. The Balaban J connectivity index is 2.24. The molecule has 1 rings (SSSR count). The average Bonchev–Trinajstić information content (AvgIpc) is 2.52. The van der Waals surface area contributed by atoms with Crippen LogP contribution in [0.4, 0.5) is 4.79 Å². The van der Waals surface area contributed by atoms with Crippen LogP contribution in [-0.2, 0) is 4.79 Å². The summed E-state index contributed by atoms with van der Waals surface area (Å²) in [7, 11) is 0. The molecule has 4 nitrogen and oxygen atoms in total. The summed E-state index contributed by atoms with van der Waals surface area (Å²) in [6.07, 6.45) is 5.53. The molecule has 1 unspecified atom stereocenters. The summed E-state index contributed by atoms with van der Waals surface area (Å²) < 4.78 is 0. The van der Waals surface area contributed by atoms with E-state index >= 15 is 0 Å². The van der Waals surface area contributed by atoms with Crippen LogP contribution in [0.2, 0.25) is 0 Å². The van der Waals surface area contributed by atoms with Gasteiger partial charge >= 0.3 is 0 Å². The van der Waals surface area contributed by atoms with Gasteiger partial charge in [0.1, 0.15) is 6.04 Å². The minimum atomic E-state index is -0.393. The fourth-order valence-corrected chi connectivity index (χ4v) is 1.69. The molecule has 1 aliphatic heterocycles. The van der Waals surface area contributed by atoms with Crippen LogP contribution in [0.3, 0.4) is 0 Å². The fraction of sp³-hybridized carbons (Fsp3) is 0.500. The zero-order valence-electron chi connectivity index (χ0n) is 7.00. The van der Waals surface area contributed by atoms with Gasteiger partial charge in [0.2, 0.25) is 5.91 Å². The number of nitrogens with one attached hydrogen (secondary N) is 2. The summed E-state index contributed by atoms with van der Waals surface area (Å²) in [4.78, 5) is 22.0. The van der Waals surface area contributed by atoms with Crippen LogP contribution >= 0.6 is 11.8 Å². The molecule has 0 saturated carbocycles. The zero-order chi connectivity index (χ0) is 9.68. The van der Waals surface area contributed by atoms with Crippen LogP contribution in [0.1, 0.15) is 6.42 Å². The standard InChI is InChI=1S/C8H10N2O2S/c1-2-3-4-9-7(11)6-5-13-8(12)10-6/h1,6H,3-5H2,(H,9,11)(H,10,12). The summed E-state index contributed by atoms with van der Waals surface area (Å²) in [5, 5.41) is 5.04. The smallest absolute Gasteiger partial charge is 0.279 e. The summed E-state index contributed by atoms with van der Waals surface area (Å²) in [6, 6.07) is -0.393. The van der Waals surface area contributed by atoms with Crippen LogP contribution in [0, 0.1) is 12.3 Å². The first-order valence-corrected chi connectivity index (χ1v) is 4.87. The molecular weight excluding hydrogens is 188 g/mol. The molecule has 0 aliphatic carbocycles. The second-order valence-electron chi connectivity index (χ2n) is 2.54. The number of carbonyl (C=O) groups excluding carboxylic acids is 2. The van der Waals surface area contributed by atoms with Crippen molar-refractivity contribution in [3.05, 3.63) is 0 Å². The van der Waals surface area contributed by atoms with Crippen LogP contribution < -0.4 is 10.6 Å². The van der Waals surface area contributed by atoms with Gasteiger partial charge in [-0.15, -0.1) is 12.3 Å². The van der Waals surface area contributed by atoms with Gasteiger partial charge in [-0.05, 0) is 0 Å². The van der Waals surface area contributed by atoms with Crippen LogP contribution in [0.5, 0.6) is 0 Å². The first-order chi connectivity index (χ1) is 6.24. The molecule has 0 radical (unpaired) electrons. The van der Waals surface area contributed by atoms with Gasteiger partial charge in [-0.25, -0.2) is 0 Å². The molecule has 0 aromatic rings. The number of hydrogen-bond donors (Lipinski definition) is 2. The van der Waals surface area contributed by atoms with Gasteiger partial charge in [-0.1, -0.05) is 11.8 Å². The van der Waals surface area contributed by atoms with Crippen molar-refractivity contribution < 1.29 is 9.59 Å². The number of terminal acetylenes is 1. The summed E-state index contributed by atoms with van der Waals surface area (Å²) >= 11 is 1.12. The van der Waals surface area contributed by atoms with Crippen LogP contribution in [-0.4, -0.2) is 29.5 Å². The quantitative estimate of drug-likeness (QED) is 0.494. The second kappa shape index (κ2) is 4.77. The Kier molecular flexibility index (Phi) is 3.65. The lowest BCUT2D eigenvalue weighted by Crippen LogP contribution is -2.43. The van der Waals surface area contributed by atoms with Crippen LogP contribution in [0.25, 0.3) is 0 Å². The monoisotopic (exact) mass is 198 g/mol. The van der Waals surface area contributed by atoms with Crippen LogP contribution in [0.15, 0.2) is 0 Å². The van der Waals surface area contributed by atoms with E-state index in [1.807, 2.05) is 0 Å². The van der Waals surface area contributed by atoms with Crippen molar-refractivity contribution in [1.29, 1.82) is 0 Å². The first kappa shape index (κ1) is 9.93. The fourth-order valence-electron chi connectivity index (χ4n) is 0.907. The molecule has 1 atom stereocenters. The Labute approximate surface area is 80.8 Å². The van der Waals surface area contributed by atoms with Gasteiger partial charge in [-0.3, -0.25) is 9.59 Å². The third-order valence-electron chi connectivity index (χ3n) is 1.56. The van der Waals surface area contributed by atoms with E-state index in [-0.39, 0.29) is 11.1 Å². The van der Waals surface area contributed by atoms with Crippen molar-refractivity contribution in [3.8, 4) is 12.3 Å². The van der Waals surface area contributed by atoms with E-state index in [0.717, 1.165) is 11.8 Å². The molecule has 0 aromatic carbocycles. The van der Waals surface area contributed by atoms with E-state index < -0.39 is 6.04 Å². The van der Waals surface area contributed by atoms with Crippen molar-refractivity contribution >= 4 is 22.9 Å². The average molecular weight is 198 g/mol. The maximum atomic E-state index is 11.3. The third-order valence-corrected chi connectivity index (χ3v) is 2.44. The number of amides is 2. The third kappa shape index (κ3) is 2.99. The Bertz CT molecular complexity index is 259. The summed E-state index contributed by atoms with van der Waals surface area (Å²) in [5.41, 5.74) is 0. The number of thioether (sulfide) groups is 1. The molecule has 0 bridgehead atoms. The van der Waals surface area contributed by atoms with E-state index in [9.17, 15) is 9.59 Å². The largest absolute Gasteiger partial charge is 0.353 e. The SMILES string of the molecule is C#CCCNC(=O)C1CSC(=O)N1. The second-order valence-corrected chi connectivity index (χ2v) is 3.53. The Hall–Kier alpha value is -1.15. The van der Waals surface area contributed by atoms with Gasteiger partial charge in [0.05, 0.1) is 0 Å². The molecular formula is C8H10N2O2S. The topological polar surface area (TPSA) is 58.2 Å². The normalized spacial score (nSPS) is 20.5. The summed E-state index contributed by atoms with van der Waals surface area (Å²) in [6.45, 7) is 0.465. The lowest BCUT2D eigenvalue weighted by molar-refractivity contribution is -0.122. The van der Waals surface area contributed by atoms with Crippen molar-refractivity contribution in [1.82, 2.24) is 10.6 Å². The van der Waals surface area contributed by atoms with Crippen molar-refractivity contribution in [2.75, 3.05) is 12.3 Å². The Morgan fingerprint density at radius 1 is 1.85 bits per heavy atom. The van der Waals surface area contributed by atoms with E-state index in [0.29, 0.717) is 18.7 Å². The van der Waals surface area contributed by atoms with Crippen molar-refractivity contribution in [2.45, 2.75) is 12.5 Å². The predicted molar refractivity (Wildman–Crippen MR) is 51.2 cm³/mol. The minimum Gasteiger partial charge on any atom is -0.353 e. The Morgan fingerprint density at radius 2 is 2.62 bits per heavy atom. The minimum absolute atomic E-state index is 0.142. The molecule has 0 aromatic heterocycles. The Morgan fingerprint density at radius 3 is 3.15 bits per heavy atom. The first-order valence-electron chi connectivity index (χ1n) is 3.88. The molecule has 5 heteroatoms. The molecule has 2 N–H and O–H groups in total. The van der Waals surface area contributed by atoms with E-state index in [1.54, 1.807) is 0 Å². The molecule has 1 fully saturated rings. The summed E-state index contributed by atoms with van der Waals surface area (Å²) in [5.74, 6) is 2.76. The van der Waals surface area contributed by atoms with Crippen molar-refractivity contribution in [3.63, 3.8) is 0 Å². The lowest BCUT2D eigenvalue weighted by Gasteiger charge is -2.08. The van der Waals surface area contributed by atoms with Gasteiger partial charge in [0, 0.05) is 18.7 Å². The lowest BCUT2D eigenvalue weighted by atomic mass is 10.3. The van der Waals surface area contributed by atoms with Gasteiger partial charge in [0.25, 0.3) is 5.24 Å². The molecule has 1 aliphatic rings. The zero-order valence-corrected chi connectivity index (χ0v) is 7.82. The molecule has 2 amide bonds. The number of rotatable bonds is 3. The van der Waals surface area contributed by atoms with E-state index in [2.05, 4.69) is 16.6 Å². The number of hydrogen-bond acceptors (Lipinski definition) is 3. The van der Waals surface area contributed by atoms with Crippen molar-refractivity contribution in [2.24, 2.45) is 0 Å². The van der Waals surface area contributed by atoms with Gasteiger partial charge in [0.15, 0.2) is 0 Å². The molecule has 0 spiro atoms. The molecule has 1 saturated heterocycles. The van der Waals surface area contributed by atoms with E-state index in [1.165, 1.54) is 0 Å².